The lowest BCUT2D eigenvalue weighted by Crippen LogP contribution is -2.13. The van der Waals surface area contributed by atoms with Gasteiger partial charge in [-0.05, 0) is 18.6 Å². The van der Waals surface area contributed by atoms with E-state index in [0.717, 1.165) is 11.7 Å². The zero-order valence-electron chi connectivity index (χ0n) is 9.82. The molecule has 2 unspecified atom stereocenters. The summed E-state index contributed by atoms with van der Waals surface area (Å²) >= 11 is 3.93. The van der Waals surface area contributed by atoms with Gasteiger partial charge in [-0.2, -0.15) is 11.8 Å². The van der Waals surface area contributed by atoms with Gasteiger partial charge in [0.2, 0.25) is 0 Å². The third-order valence-electron chi connectivity index (χ3n) is 3.10. The highest BCUT2D eigenvalue weighted by atomic mass is 32.2. The monoisotopic (exact) mass is 256 g/mol. The van der Waals surface area contributed by atoms with Crippen molar-refractivity contribution in [2.45, 2.75) is 43.8 Å². The van der Waals surface area contributed by atoms with Gasteiger partial charge in [-0.25, -0.2) is 4.98 Å². The van der Waals surface area contributed by atoms with Crippen LogP contribution in [0.25, 0.3) is 0 Å². The second-order valence-electron chi connectivity index (χ2n) is 4.50. The molecule has 0 spiro atoms. The number of hydrogen-bond acceptors (Lipinski definition) is 4. The van der Waals surface area contributed by atoms with Gasteiger partial charge in [0, 0.05) is 29.5 Å². The van der Waals surface area contributed by atoms with E-state index in [1.165, 1.54) is 35.7 Å². The van der Waals surface area contributed by atoms with Gasteiger partial charge in [0.25, 0.3) is 0 Å². The number of nitrogens with zero attached hydrogens (tertiary/aromatic N) is 1. The van der Waals surface area contributed by atoms with Crippen LogP contribution in [0.2, 0.25) is 0 Å². The minimum atomic E-state index is 0.406. The first-order chi connectivity index (χ1) is 7.79. The molecule has 2 rings (SSSR count). The Hall–Kier alpha value is -0.0600. The molecule has 2 atom stereocenters. The normalized spacial score (nSPS) is 23.2. The molecule has 1 fully saturated rings. The third kappa shape index (κ3) is 3.22. The summed E-state index contributed by atoms with van der Waals surface area (Å²) in [6.07, 6.45) is 5.32. The Morgan fingerprint density at radius 2 is 2.44 bits per heavy atom. The largest absolute Gasteiger partial charge is 0.330 e. The lowest BCUT2D eigenvalue weighted by atomic mass is 10.1. The predicted octanol–water partition coefficient (Wildman–Crippen LogP) is 3.03. The van der Waals surface area contributed by atoms with E-state index in [2.05, 4.69) is 24.1 Å². The molecule has 0 radical (unpaired) electrons. The Kier molecular flexibility index (Phi) is 4.67. The first-order valence-corrected chi connectivity index (χ1v) is 7.98. The molecule has 0 saturated carbocycles. The first kappa shape index (κ1) is 12.4. The first-order valence-electron chi connectivity index (χ1n) is 6.05. The molecule has 1 saturated heterocycles. The van der Waals surface area contributed by atoms with Crippen LogP contribution < -0.4 is 5.73 Å². The van der Waals surface area contributed by atoms with Gasteiger partial charge in [0.05, 0.1) is 10.7 Å². The maximum Gasteiger partial charge on any atom is 0.0939 e. The van der Waals surface area contributed by atoms with Crippen LogP contribution in [-0.4, -0.2) is 22.5 Å². The van der Waals surface area contributed by atoms with Crippen molar-refractivity contribution in [1.29, 1.82) is 0 Å². The maximum absolute atomic E-state index is 5.66. The summed E-state index contributed by atoms with van der Waals surface area (Å²) in [6.45, 7) is 2.84. The van der Waals surface area contributed by atoms with E-state index in [9.17, 15) is 0 Å². The van der Waals surface area contributed by atoms with Crippen molar-refractivity contribution in [3.63, 3.8) is 0 Å². The van der Waals surface area contributed by atoms with Crippen molar-refractivity contribution in [1.82, 2.24) is 4.98 Å². The number of thiazole rings is 1. The maximum atomic E-state index is 5.66. The minimum absolute atomic E-state index is 0.406. The van der Waals surface area contributed by atoms with Gasteiger partial charge in [-0.15, -0.1) is 11.3 Å². The Morgan fingerprint density at radius 3 is 3.12 bits per heavy atom. The second kappa shape index (κ2) is 6.03. The SMILES string of the molecule is CC(CN)c1csc(CC2CCCCS2)n1. The average Bonchev–Trinajstić information content (AvgIpc) is 2.78. The molecule has 0 aliphatic carbocycles. The van der Waals surface area contributed by atoms with Crippen LogP contribution in [0.1, 0.15) is 42.8 Å². The molecule has 0 amide bonds. The summed E-state index contributed by atoms with van der Waals surface area (Å²) < 4.78 is 0. The van der Waals surface area contributed by atoms with Gasteiger partial charge < -0.3 is 5.73 Å². The molecule has 2 heterocycles. The summed E-state index contributed by atoms with van der Waals surface area (Å²) in [5.74, 6) is 1.74. The molecule has 4 heteroatoms. The van der Waals surface area contributed by atoms with Crippen LogP contribution in [0, 0.1) is 0 Å². The van der Waals surface area contributed by atoms with E-state index < -0.39 is 0 Å². The molecule has 90 valence electrons. The Morgan fingerprint density at radius 1 is 1.56 bits per heavy atom. The Labute approximate surface area is 106 Å². The molecule has 2 N–H and O–H groups in total. The zero-order valence-corrected chi connectivity index (χ0v) is 11.4. The van der Waals surface area contributed by atoms with Crippen molar-refractivity contribution in [3.05, 3.63) is 16.1 Å². The van der Waals surface area contributed by atoms with E-state index in [-0.39, 0.29) is 0 Å². The van der Waals surface area contributed by atoms with E-state index in [0.29, 0.717) is 12.5 Å². The summed E-state index contributed by atoms with van der Waals surface area (Å²) in [5, 5.41) is 4.29. The smallest absolute Gasteiger partial charge is 0.0939 e. The quantitative estimate of drug-likeness (QED) is 0.900. The Bertz CT molecular complexity index is 319. The van der Waals surface area contributed by atoms with Gasteiger partial charge in [0.15, 0.2) is 0 Å². The van der Waals surface area contributed by atoms with Gasteiger partial charge in [0.1, 0.15) is 0 Å². The molecule has 16 heavy (non-hydrogen) atoms. The number of rotatable bonds is 4. The fraction of sp³-hybridized carbons (Fsp3) is 0.750. The lowest BCUT2D eigenvalue weighted by Gasteiger charge is -2.19. The molecule has 1 aliphatic rings. The van der Waals surface area contributed by atoms with Gasteiger partial charge in [-0.1, -0.05) is 13.3 Å². The fourth-order valence-electron chi connectivity index (χ4n) is 1.93. The van der Waals surface area contributed by atoms with Crippen molar-refractivity contribution < 1.29 is 0 Å². The van der Waals surface area contributed by atoms with E-state index >= 15 is 0 Å². The van der Waals surface area contributed by atoms with Crippen molar-refractivity contribution in [2.24, 2.45) is 5.73 Å². The number of hydrogen-bond donors (Lipinski definition) is 1. The molecule has 0 aromatic carbocycles. The van der Waals surface area contributed by atoms with Crippen LogP contribution in [-0.2, 0) is 6.42 Å². The summed E-state index contributed by atoms with van der Waals surface area (Å²) in [5.41, 5.74) is 6.84. The predicted molar refractivity (Wildman–Crippen MR) is 73.4 cm³/mol. The summed E-state index contributed by atoms with van der Waals surface area (Å²) in [4.78, 5) is 4.70. The van der Waals surface area contributed by atoms with Crippen LogP contribution in [0.3, 0.4) is 0 Å². The third-order valence-corrected chi connectivity index (χ3v) is 5.39. The zero-order chi connectivity index (χ0) is 11.4. The van der Waals surface area contributed by atoms with E-state index in [1.54, 1.807) is 11.3 Å². The van der Waals surface area contributed by atoms with Crippen molar-refractivity contribution in [3.8, 4) is 0 Å². The molecule has 1 aliphatic heterocycles. The summed E-state index contributed by atoms with van der Waals surface area (Å²) in [7, 11) is 0. The molecule has 1 aromatic heterocycles. The Balaban J connectivity index is 1.91. The number of nitrogens with two attached hydrogens (primary N) is 1. The second-order valence-corrected chi connectivity index (χ2v) is 6.85. The number of aromatic nitrogens is 1. The topological polar surface area (TPSA) is 38.9 Å². The van der Waals surface area contributed by atoms with Crippen molar-refractivity contribution in [2.75, 3.05) is 12.3 Å². The van der Waals surface area contributed by atoms with Gasteiger partial charge in [-0.3, -0.25) is 0 Å². The number of thioether (sulfide) groups is 1. The van der Waals surface area contributed by atoms with E-state index in [4.69, 9.17) is 10.7 Å². The van der Waals surface area contributed by atoms with Crippen LogP contribution >= 0.6 is 23.1 Å². The average molecular weight is 256 g/mol. The summed E-state index contributed by atoms with van der Waals surface area (Å²) in [6, 6.07) is 0. The van der Waals surface area contributed by atoms with Crippen molar-refractivity contribution >= 4 is 23.1 Å². The van der Waals surface area contributed by atoms with Gasteiger partial charge >= 0.3 is 0 Å². The van der Waals surface area contributed by atoms with E-state index in [1.807, 2.05) is 0 Å². The lowest BCUT2D eigenvalue weighted by molar-refractivity contribution is 0.656. The minimum Gasteiger partial charge on any atom is -0.330 e. The standard InChI is InChI=1S/C12H20N2S2/c1-9(7-13)11-8-16-12(14-11)6-10-4-2-3-5-15-10/h8-10H,2-7,13H2,1H3. The highest BCUT2D eigenvalue weighted by molar-refractivity contribution is 7.99. The highest BCUT2D eigenvalue weighted by Gasteiger charge is 2.17. The van der Waals surface area contributed by atoms with Crippen LogP contribution in [0.4, 0.5) is 0 Å². The fourth-order valence-corrected chi connectivity index (χ4v) is 4.35. The highest BCUT2D eigenvalue weighted by Crippen LogP contribution is 2.29. The molecular formula is C12H20N2S2. The molecule has 2 nitrogen and oxygen atoms in total. The van der Waals surface area contributed by atoms with Crippen LogP contribution in [0.15, 0.2) is 5.38 Å². The van der Waals surface area contributed by atoms with Crippen LogP contribution in [0.5, 0.6) is 0 Å². The molecular weight excluding hydrogens is 236 g/mol. The molecule has 0 bridgehead atoms. The molecule has 1 aromatic rings.